The van der Waals surface area contributed by atoms with E-state index in [2.05, 4.69) is 9.71 Å². The zero-order valence-electron chi connectivity index (χ0n) is 20.8. The molecule has 0 aliphatic carbocycles. The van der Waals surface area contributed by atoms with Gasteiger partial charge in [0.2, 0.25) is 10.0 Å². The highest BCUT2D eigenvalue weighted by Gasteiger charge is 2.22. The summed E-state index contributed by atoms with van der Waals surface area (Å²) >= 11 is 0. The third-order valence-corrected chi connectivity index (χ3v) is 6.07. The molecule has 2 aromatic heterocycles. The summed E-state index contributed by atoms with van der Waals surface area (Å²) in [6.07, 6.45) is 1.67. The van der Waals surface area contributed by atoms with E-state index >= 15 is 0 Å². The van der Waals surface area contributed by atoms with Crippen LogP contribution in [0.4, 0.5) is 11.5 Å². The fourth-order valence-corrected chi connectivity index (χ4v) is 4.63. The fourth-order valence-electron chi connectivity index (χ4n) is 4.07. The molecule has 0 atom stereocenters. The molecule has 192 valence electrons. The van der Waals surface area contributed by atoms with Crippen molar-refractivity contribution in [2.75, 3.05) is 30.4 Å². The van der Waals surface area contributed by atoms with Crippen LogP contribution in [0.3, 0.4) is 0 Å². The van der Waals surface area contributed by atoms with Crippen molar-refractivity contribution < 1.29 is 23.0 Å². The van der Waals surface area contributed by atoms with Crippen molar-refractivity contribution >= 4 is 43.5 Å². The molecule has 36 heavy (non-hydrogen) atoms. The summed E-state index contributed by atoms with van der Waals surface area (Å²) in [5, 5.41) is 11.4. The van der Waals surface area contributed by atoms with Gasteiger partial charge in [0, 0.05) is 30.7 Å². The number of nitrogens with one attached hydrogen (secondary N) is 1. The van der Waals surface area contributed by atoms with Crippen molar-refractivity contribution in [1.29, 1.82) is 0 Å². The molecule has 0 aliphatic rings. The van der Waals surface area contributed by atoms with E-state index in [1.165, 1.54) is 0 Å². The molecule has 0 amide bonds. The number of fused-ring (bicyclic) bond motifs is 3. The second-order valence-corrected chi connectivity index (χ2v) is 11.2. The van der Waals surface area contributed by atoms with Gasteiger partial charge in [0.25, 0.3) is 0 Å². The molecule has 0 saturated heterocycles. The highest BCUT2D eigenvalue weighted by Crippen LogP contribution is 2.32. The number of pyridine rings is 1. The maximum absolute atomic E-state index is 11.5. The first-order chi connectivity index (χ1) is 16.9. The molecule has 2 heterocycles. The third kappa shape index (κ3) is 6.04. The van der Waals surface area contributed by atoms with E-state index in [9.17, 15) is 13.5 Å². The van der Waals surface area contributed by atoms with Crippen LogP contribution in [0, 0.1) is 0 Å². The van der Waals surface area contributed by atoms with Gasteiger partial charge in [-0.1, -0.05) is 12.1 Å². The van der Waals surface area contributed by atoms with Crippen molar-refractivity contribution in [3.05, 3.63) is 53.9 Å². The summed E-state index contributed by atoms with van der Waals surface area (Å²) in [6.45, 7) is 4.55. The number of nitrogens with two attached hydrogens (primary N) is 1. The number of aromatic nitrogens is 3. The Morgan fingerprint density at radius 1 is 1.17 bits per heavy atom. The standard InChI is InChI=1S/C25H31N5O5S/c1-25(2,31)15-30-21(10-11-34-3)28-22-23(30)19-9-8-18(13-20(19)27-24(22)26)35-14-16-6-5-7-17(12-16)29-36(4,32)33/h5-9,12-13,29,31H,10-11,14-15H2,1-4H3,(H2,26,27). The Kier molecular flexibility index (Phi) is 7.07. The number of hydrogen-bond donors (Lipinski definition) is 3. The highest BCUT2D eigenvalue weighted by molar-refractivity contribution is 7.92. The Balaban J connectivity index is 1.68. The normalized spacial score (nSPS) is 12.4. The van der Waals surface area contributed by atoms with Gasteiger partial charge in [-0.25, -0.2) is 18.4 Å². The smallest absolute Gasteiger partial charge is 0.229 e. The van der Waals surface area contributed by atoms with Crippen LogP contribution in [0.2, 0.25) is 0 Å². The minimum atomic E-state index is -3.37. The average molecular weight is 514 g/mol. The third-order valence-electron chi connectivity index (χ3n) is 5.47. The summed E-state index contributed by atoms with van der Waals surface area (Å²) in [4.78, 5) is 9.28. The van der Waals surface area contributed by atoms with Crippen molar-refractivity contribution in [2.45, 2.75) is 39.0 Å². The topological polar surface area (TPSA) is 142 Å². The lowest BCUT2D eigenvalue weighted by Gasteiger charge is -2.20. The minimum Gasteiger partial charge on any atom is -0.489 e. The van der Waals surface area contributed by atoms with Crippen LogP contribution in [0.15, 0.2) is 42.5 Å². The lowest BCUT2D eigenvalue weighted by atomic mass is 10.1. The molecule has 0 unspecified atom stereocenters. The van der Waals surface area contributed by atoms with Crippen LogP contribution in [0.25, 0.3) is 21.9 Å². The number of benzene rings is 2. The van der Waals surface area contributed by atoms with Gasteiger partial charge in [-0.2, -0.15) is 0 Å². The Morgan fingerprint density at radius 3 is 2.64 bits per heavy atom. The van der Waals surface area contributed by atoms with E-state index in [-0.39, 0.29) is 6.61 Å². The summed E-state index contributed by atoms with van der Waals surface area (Å²) in [6, 6.07) is 12.6. The molecule has 10 nitrogen and oxygen atoms in total. The van der Waals surface area contributed by atoms with E-state index in [1.807, 2.05) is 22.8 Å². The number of aliphatic hydroxyl groups is 1. The lowest BCUT2D eigenvalue weighted by molar-refractivity contribution is 0.0615. The molecule has 0 fully saturated rings. The van der Waals surface area contributed by atoms with Crippen LogP contribution in [-0.4, -0.2) is 53.6 Å². The quantitative estimate of drug-likeness (QED) is 0.294. The molecule has 0 bridgehead atoms. The number of hydrogen-bond acceptors (Lipinski definition) is 8. The number of rotatable bonds is 10. The monoisotopic (exact) mass is 513 g/mol. The SMILES string of the molecule is COCCc1nc2c(N)nc3cc(OCc4cccc(NS(C)(=O)=O)c4)ccc3c2n1CC(C)(C)O. The second kappa shape index (κ2) is 9.92. The van der Waals surface area contributed by atoms with E-state index in [4.69, 9.17) is 20.2 Å². The number of sulfonamides is 1. The number of nitrogen functional groups attached to an aromatic ring is 1. The fraction of sp³-hybridized carbons (Fsp3) is 0.360. The Morgan fingerprint density at radius 2 is 1.94 bits per heavy atom. The van der Waals surface area contributed by atoms with Crippen LogP contribution >= 0.6 is 0 Å². The molecule has 4 N–H and O–H groups in total. The predicted molar refractivity (Wildman–Crippen MR) is 141 cm³/mol. The maximum atomic E-state index is 11.5. The summed E-state index contributed by atoms with van der Waals surface area (Å²) in [5.41, 5.74) is 8.63. The summed E-state index contributed by atoms with van der Waals surface area (Å²) in [7, 11) is -1.73. The molecule has 0 radical (unpaired) electrons. The lowest BCUT2D eigenvalue weighted by Crippen LogP contribution is -2.27. The Hall–Kier alpha value is -3.41. The summed E-state index contributed by atoms with van der Waals surface area (Å²) < 4.78 is 38.7. The molecule has 0 aliphatic heterocycles. The van der Waals surface area contributed by atoms with Crippen LogP contribution in [-0.2, 0) is 34.3 Å². The van der Waals surface area contributed by atoms with E-state index in [1.54, 1.807) is 45.2 Å². The zero-order chi connectivity index (χ0) is 26.1. The van der Waals surface area contributed by atoms with E-state index in [0.29, 0.717) is 47.9 Å². The van der Waals surface area contributed by atoms with Gasteiger partial charge < -0.3 is 24.9 Å². The largest absolute Gasteiger partial charge is 0.489 e. The summed E-state index contributed by atoms with van der Waals surface area (Å²) in [5.74, 6) is 1.64. The molecular weight excluding hydrogens is 482 g/mol. The molecule has 0 spiro atoms. The van der Waals surface area contributed by atoms with Crippen LogP contribution in [0.1, 0.15) is 25.2 Å². The minimum absolute atomic E-state index is 0.236. The molecule has 4 rings (SSSR count). The average Bonchev–Trinajstić information content (AvgIpc) is 3.12. The Bertz CT molecular complexity index is 1510. The number of methoxy groups -OCH3 is 1. The highest BCUT2D eigenvalue weighted by atomic mass is 32.2. The number of anilines is 2. The van der Waals surface area contributed by atoms with Gasteiger partial charge in [-0.3, -0.25) is 4.72 Å². The molecule has 0 saturated carbocycles. The molecule has 2 aromatic carbocycles. The van der Waals surface area contributed by atoms with Gasteiger partial charge in [0.15, 0.2) is 5.82 Å². The molecule has 4 aromatic rings. The molecular formula is C25H31N5O5S. The van der Waals surface area contributed by atoms with Gasteiger partial charge in [0.05, 0.1) is 36.0 Å². The number of nitrogens with zero attached hydrogens (tertiary/aromatic N) is 3. The van der Waals surface area contributed by atoms with Crippen molar-refractivity contribution in [1.82, 2.24) is 14.5 Å². The van der Waals surface area contributed by atoms with Gasteiger partial charge in [-0.05, 0) is 43.7 Å². The maximum Gasteiger partial charge on any atom is 0.229 e. The van der Waals surface area contributed by atoms with E-state index in [0.717, 1.165) is 28.5 Å². The van der Waals surface area contributed by atoms with Gasteiger partial charge in [0.1, 0.15) is 23.7 Å². The molecule has 11 heteroatoms. The van der Waals surface area contributed by atoms with E-state index < -0.39 is 15.6 Å². The van der Waals surface area contributed by atoms with Crippen molar-refractivity contribution in [3.8, 4) is 5.75 Å². The zero-order valence-corrected chi connectivity index (χ0v) is 21.6. The van der Waals surface area contributed by atoms with Crippen molar-refractivity contribution in [3.63, 3.8) is 0 Å². The first kappa shape index (κ1) is 25.7. The Labute approximate surface area is 210 Å². The van der Waals surface area contributed by atoms with Gasteiger partial charge in [-0.15, -0.1) is 0 Å². The van der Waals surface area contributed by atoms with Gasteiger partial charge >= 0.3 is 0 Å². The van der Waals surface area contributed by atoms with Crippen LogP contribution < -0.4 is 15.2 Å². The predicted octanol–water partition coefficient (Wildman–Crippen LogP) is 3.08. The first-order valence-electron chi connectivity index (χ1n) is 11.4. The van der Waals surface area contributed by atoms with Crippen LogP contribution in [0.5, 0.6) is 5.75 Å². The number of imidazole rings is 1. The first-order valence-corrected chi connectivity index (χ1v) is 13.3. The van der Waals surface area contributed by atoms with Crippen molar-refractivity contribution in [2.24, 2.45) is 0 Å². The second-order valence-electron chi connectivity index (χ2n) is 9.41. The number of ether oxygens (including phenoxy) is 2.